The van der Waals surface area contributed by atoms with Gasteiger partial charge in [0, 0.05) is 0 Å². The topological polar surface area (TPSA) is 37.3 Å². The minimum atomic E-state index is -1.70. The first-order valence-electron chi connectivity index (χ1n) is 1.16. The molecular formula is CH4BO2S. The zero-order valence-corrected chi connectivity index (χ0v) is 3.66. The molecule has 1 atom stereocenters. The Hall–Kier alpha value is 0.175. The van der Waals surface area contributed by atoms with Gasteiger partial charge in [-0.05, 0) is 0 Å². The molecule has 0 aliphatic carbocycles. The van der Waals surface area contributed by atoms with E-state index in [2.05, 4.69) is 0 Å². The fourth-order valence-electron chi connectivity index (χ4n) is 0. The van der Waals surface area contributed by atoms with Gasteiger partial charge in [0.1, 0.15) is 0 Å². The van der Waals surface area contributed by atoms with E-state index in [1.54, 1.807) is 0 Å². The summed E-state index contributed by atoms with van der Waals surface area (Å²) in [6, 6.07) is 0. The second-order valence-corrected chi connectivity index (χ2v) is 1.54. The highest BCUT2D eigenvalue weighted by Crippen LogP contribution is 1.59. The summed E-state index contributed by atoms with van der Waals surface area (Å²) >= 11 is 0. The predicted octanol–water partition coefficient (Wildman–Crippen LogP) is -0.125. The molecule has 0 heterocycles. The van der Waals surface area contributed by atoms with Crippen molar-refractivity contribution < 1.29 is 8.76 Å². The molecule has 0 aromatic carbocycles. The van der Waals surface area contributed by atoms with Crippen molar-refractivity contribution in [1.82, 2.24) is 0 Å². The molecule has 1 radical (unpaired) electrons. The van der Waals surface area contributed by atoms with Crippen molar-refractivity contribution in [3.63, 3.8) is 0 Å². The van der Waals surface area contributed by atoms with Gasteiger partial charge in [0.25, 0.3) is 6.56 Å². The lowest BCUT2D eigenvalue weighted by molar-refractivity contribution is 0.579. The Morgan fingerprint density at radius 1 is 2.00 bits per heavy atom. The van der Waals surface area contributed by atoms with Gasteiger partial charge in [-0.25, -0.2) is 4.21 Å². The Balaban J connectivity index is 2.85. The van der Waals surface area contributed by atoms with Crippen LogP contribution in [0.2, 0.25) is 6.82 Å². The molecule has 4 heteroatoms. The molecule has 0 saturated carbocycles. The van der Waals surface area contributed by atoms with Gasteiger partial charge in [0.05, 0.1) is 10.9 Å². The molecule has 0 fully saturated rings. The van der Waals surface area contributed by atoms with Crippen LogP contribution in [0.15, 0.2) is 0 Å². The number of hydrogen-bond donors (Lipinski definition) is 1. The molecule has 0 aliphatic heterocycles. The van der Waals surface area contributed by atoms with E-state index in [1.807, 2.05) is 0 Å². The fraction of sp³-hybridized carbons (Fsp3) is 1.00. The van der Waals surface area contributed by atoms with Crippen LogP contribution in [0.3, 0.4) is 0 Å². The molecule has 0 rings (SSSR count). The van der Waals surface area contributed by atoms with E-state index >= 15 is 0 Å². The molecule has 5 heavy (non-hydrogen) atoms. The third-order valence-corrected chi connectivity index (χ3v) is 0.605. The van der Waals surface area contributed by atoms with Crippen LogP contribution in [0.1, 0.15) is 0 Å². The molecule has 0 amide bonds. The summed E-state index contributed by atoms with van der Waals surface area (Å²) in [7, 11) is -1.70. The van der Waals surface area contributed by atoms with Gasteiger partial charge in [0.2, 0.25) is 0 Å². The van der Waals surface area contributed by atoms with Crippen molar-refractivity contribution in [2.45, 2.75) is 6.82 Å². The summed E-state index contributed by atoms with van der Waals surface area (Å²) in [5.74, 6) is 0. The molecule has 0 aromatic heterocycles. The van der Waals surface area contributed by atoms with Crippen LogP contribution in [0.4, 0.5) is 0 Å². The third kappa shape index (κ3) is 4.17. The zero-order valence-electron chi connectivity index (χ0n) is 2.84. The second-order valence-electron chi connectivity index (χ2n) is 0.512. The van der Waals surface area contributed by atoms with Crippen molar-refractivity contribution >= 4 is 17.5 Å². The van der Waals surface area contributed by atoms with E-state index in [0.29, 0.717) is 0 Å². The van der Waals surface area contributed by atoms with Gasteiger partial charge in [-0.15, -0.1) is 0 Å². The highest BCUT2D eigenvalue weighted by atomic mass is 32.2. The Morgan fingerprint density at radius 2 is 2.20 bits per heavy atom. The number of rotatable bonds is 1. The smallest absolute Gasteiger partial charge is 0.272 e. The van der Waals surface area contributed by atoms with Crippen LogP contribution in [-0.2, 0) is 10.9 Å². The molecule has 0 aliphatic rings. The summed E-state index contributed by atoms with van der Waals surface area (Å²) < 4.78 is 17.2. The Kier molecular flexibility index (Phi) is 2.50. The Morgan fingerprint density at radius 3 is 2.20 bits per heavy atom. The quantitative estimate of drug-likeness (QED) is 0.360. The van der Waals surface area contributed by atoms with Crippen molar-refractivity contribution in [2.75, 3.05) is 0 Å². The number of hydrogen-bond acceptors (Lipinski definition) is 1. The van der Waals surface area contributed by atoms with E-state index in [0.717, 1.165) is 0 Å². The van der Waals surface area contributed by atoms with E-state index < -0.39 is 10.9 Å². The van der Waals surface area contributed by atoms with Gasteiger partial charge in [-0.1, -0.05) is 6.82 Å². The molecule has 0 spiro atoms. The van der Waals surface area contributed by atoms with Crippen LogP contribution in [0.25, 0.3) is 0 Å². The first-order chi connectivity index (χ1) is 2.27. The van der Waals surface area contributed by atoms with Gasteiger partial charge in [0.15, 0.2) is 0 Å². The van der Waals surface area contributed by atoms with Gasteiger partial charge >= 0.3 is 0 Å². The summed E-state index contributed by atoms with van der Waals surface area (Å²) in [6.07, 6.45) is 0. The van der Waals surface area contributed by atoms with E-state index in [4.69, 9.17) is 4.55 Å². The summed E-state index contributed by atoms with van der Waals surface area (Å²) in [5, 5.41) is 0. The molecule has 1 unspecified atom stereocenters. The Bertz CT molecular complexity index is 44.9. The monoisotopic (exact) mass is 91.0 g/mol. The van der Waals surface area contributed by atoms with Gasteiger partial charge < -0.3 is 4.55 Å². The molecule has 29 valence electrons. The van der Waals surface area contributed by atoms with Crippen molar-refractivity contribution in [1.29, 1.82) is 0 Å². The molecule has 2 nitrogen and oxygen atoms in total. The molecule has 0 saturated heterocycles. The van der Waals surface area contributed by atoms with E-state index in [1.165, 1.54) is 13.4 Å². The first kappa shape index (κ1) is 5.17. The predicted molar refractivity (Wildman–Crippen MR) is 22.4 cm³/mol. The Labute approximate surface area is 34.0 Å². The lowest BCUT2D eigenvalue weighted by atomic mass is 10.2. The summed E-state index contributed by atoms with van der Waals surface area (Å²) in [5.41, 5.74) is 0. The maximum absolute atomic E-state index is 9.42. The fourth-order valence-corrected chi connectivity index (χ4v) is 0. The molecule has 1 N–H and O–H groups in total. The summed E-state index contributed by atoms with van der Waals surface area (Å²) in [6.45, 7) is 2.72. The standard InChI is InChI=1S/CH4BO2S/c1-2-5(3)4/h1H3,(H,3,4). The lowest BCUT2D eigenvalue weighted by Gasteiger charge is -1.70. The molecule has 0 aromatic rings. The van der Waals surface area contributed by atoms with Crippen molar-refractivity contribution in [3.8, 4) is 0 Å². The van der Waals surface area contributed by atoms with Crippen molar-refractivity contribution in [2.24, 2.45) is 0 Å². The highest BCUT2D eigenvalue weighted by molar-refractivity contribution is 8.05. The van der Waals surface area contributed by atoms with Gasteiger partial charge in [-0.2, -0.15) is 0 Å². The van der Waals surface area contributed by atoms with Crippen LogP contribution in [0.5, 0.6) is 0 Å². The van der Waals surface area contributed by atoms with Crippen LogP contribution in [0, 0.1) is 0 Å². The summed E-state index contributed by atoms with van der Waals surface area (Å²) in [4.78, 5) is 0. The van der Waals surface area contributed by atoms with Gasteiger partial charge in [-0.3, -0.25) is 0 Å². The maximum Gasteiger partial charge on any atom is 0.272 e. The second kappa shape index (κ2) is 2.41. The molecular weight excluding hydrogens is 86.9 g/mol. The first-order valence-corrected chi connectivity index (χ1v) is 2.33. The highest BCUT2D eigenvalue weighted by Gasteiger charge is 1.81. The largest absolute Gasteiger partial charge is 0.316 e. The minimum Gasteiger partial charge on any atom is -0.316 e. The minimum absolute atomic E-state index is 1.19. The normalized spacial score (nSPS) is 14.0. The van der Waals surface area contributed by atoms with E-state index in [-0.39, 0.29) is 0 Å². The molecule has 0 bridgehead atoms. The van der Waals surface area contributed by atoms with Crippen molar-refractivity contribution in [3.05, 3.63) is 0 Å². The zero-order chi connectivity index (χ0) is 4.28. The van der Waals surface area contributed by atoms with Crippen LogP contribution in [-0.4, -0.2) is 15.3 Å². The maximum atomic E-state index is 9.42. The third-order valence-electron chi connectivity index (χ3n) is 0.202. The van der Waals surface area contributed by atoms with E-state index in [9.17, 15) is 4.21 Å². The SMILES string of the molecule is C[B]S(=O)O. The average molecular weight is 90.9 g/mol. The van der Waals surface area contributed by atoms with Crippen LogP contribution < -0.4 is 0 Å². The average Bonchev–Trinajstić information content (AvgIpc) is 1.38. The lowest BCUT2D eigenvalue weighted by Crippen LogP contribution is -1.90. The van der Waals surface area contributed by atoms with Crippen LogP contribution >= 0.6 is 0 Å².